The van der Waals surface area contributed by atoms with Crippen molar-refractivity contribution in [1.82, 2.24) is 34.1 Å². The van der Waals surface area contributed by atoms with E-state index in [-0.39, 0.29) is 6.10 Å². The number of fused-ring (bicyclic) bond motifs is 1. The summed E-state index contributed by atoms with van der Waals surface area (Å²) in [6.07, 6.45) is 7.23. The van der Waals surface area contributed by atoms with E-state index >= 15 is 0 Å². The Hall–Kier alpha value is -3.64. The van der Waals surface area contributed by atoms with Gasteiger partial charge in [-0.25, -0.2) is 24.5 Å². The van der Waals surface area contributed by atoms with Crippen molar-refractivity contribution in [3.63, 3.8) is 0 Å². The lowest BCUT2D eigenvalue weighted by molar-refractivity contribution is 0.0614. The van der Waals surface area contributed by atoms with Gasteiger partial charge in [0.15, 0.2) is 17.3 Å². The smallest absolute Gasteiger partial charge is 0.177 e. The number of ether oxygens (including phenoxy) is 1. The lowest BCUT2D eigenvalue weighted by atomic mass is 10.1. The lowest BCUT2D eigenvalue weighted by Gasteiger charge is -2.11. The molecule has 0 amide bonds. The van der Waals surface area contributed by atoms with Crippen molar-refractivity contribution < 1.29 is 4.74 Å². The second-order valence-electron chi connectivity index (χ2n) is 7.47. The van der Waals surface area contributed by atoms with E-state index in [1.165, 1.54) is 0 Å². The van der Waals surface area contributed by atoms with Gasteiger partial charge in [0.25, 0.3) is 0 Å². The number of hydrogen-bond acceptors (Lipinski definition) is 7. The summed E-state index contributed by atoms with van der Waals surface area (Å²) < 4.78 is 9.36. The number of imidazole rings is 1. The summed E-state index contributed by atoms with van der Waals surface area (Å²) in [5, 5.41) is 13.7. The molecule has 0 aliphatic rings. The van der Waals surface area contributed by atoms with Crippen LogP contribution in [0, 0.1) is 11.3 Å². The first-order chi connectivity index (χ1) is 15.1. The Labute approximate surface area is 180 Å². The van der Waals surface area contributed by atoms with Gasteiger partial charge in [-0.3, -0.25) is 0 Å². The summed E-state index contributed by atoms with van der Waals surface area (Å²) in [5.74, 6) is 1.33. The molecule has 0 bridgehead atoms. The molecule has 0 spiro atoms. The highest BCUT2D eigenvalue weighted by Gasteiger charge is 2.16. The van der Waals surface area contributed by atoms with Crippen LogP contribution in [0.1, 0.15) is 50.0 Å². The van der Waals surface area contributed by atoms with E-state index in [4.69, 9.17) is 15.0 Å². The molecule has 0 fully saturated rings. The fraction of sp³-hybridized carbons (Fsp3) is 0.364. The van der Waals surface area contributed by atoms with E-state index in [2.05, 4.69) is 33.0 Å². The predicted molar refractivity (Wildman–Crippen MR) is 114 cm³/mol. The molecule has 4 rings (SSSR count). The van der Waals surface area contributed by atoms with Gasteiger partial charge in [-0.1, -0.05) is 19.4 Å². The highest BCUT2D eigenvalue weighted by atomic mass is 16.5. The lowest BCUT2D eigenvalue weighted by Crippen LogP contribution is -2.09. The van der Waals surface area contributed by atoms with Gasteiger partial charge in [-0.15, -0.1) is 5.10 Å². The van der Waals surface area contributed by atoms with Crippen molar-refractivity contribution >= 4 is 5.65 Å². The summed E-state index contributed by atoms with van der Waals surface area (Å²) in [4.78, 5) is 18.2. The molecule has 0 aliphatic carbocycles. The van der Waals surface area contributed by atoms with Crippen LogP contribution in [0.2, 0.25) is 0 Å². The monoisotopic (exact) mass is 416 g/mol. The van der Waals surface area contributed by atoms with E-state index in [9.17, 15) is 0 Å². The average molecular weight is 416 g/mol. The highest BCUT2D eigenvalue weighted by Crippen LogP contribution is 2.20. The van der Waals surface area contributed by atoms with Crippen molar-refractivity contribution in [2.75, 3.05) is 0 Å². The van der Waals surface area contributed by atoms with Gasteiger partial charge in [0.2, 0.25) is 0 Å². The molecular formula is C22H24N8O. The number of nitriles is 1. The molecule has 9 heteroatoms. The van der Waals surface area contributed by atoms with Gasteiger partial charge in [0.1, 0.15) is 30.4 Å². The van der Waals surface area contributed by atoms with Gasteiger partial charge in [0.05, 0.1) is 18.3 Å². The fourth-order valence-corrected chi connectivity index (χ4v) is 3.38. The SMILES string of the molecule is CCCc1c(Cn2ccnc2-c2cccc(C#N)n2)ncn2nc(COC(C)C)nc12. The summed E-state index contributed by atoms with van der Waals surface area (Å²) in [5.41, 5.74) is 3.79. The van der Waals surface area contributed by atoms with Crippen LogP contribution in [-0.2, 0) is 24.3 Å². The number of hydrogen-bond donors (Lipinski definition) is 0. The molecular weight excluding hydrogens is 392 g/mol. The maximum Gasteiger partial charge on any atom is 0.177 e. The van der Waals surface area contributed by atoms with Crippen molar-refractivity contribution in [2.45, 2.75) is 52.9 Å². The summed E-state index contributed by atoms with van der Waals surface area (Å²) in [6, 6.07) is 7.41. The van der Waals surface area contributed by atoms with Crippen LogP contribution >= 0.6 is 0 Å². The Morgan fingerprint density at radius 2 is 2.06 bits per heavy atom. The average Bonchev–Trinajstić information content (AvgIpc) is 3.41. The van der Waals surface area contributed by atoms with Gasteiger partial charge in [-0.2, -0.15) is 5.26 Å². The zero-order valence-electron chi connectivity index (χ0n) is 17.9. The van der Waals surface area contributed by atoms with Crippen LogP contribution < -0.4 is 0 Å². The van der Waals surface area contributed by atoms with Gasteiger partial charge < -0.3 is 9.30 Å². The van der Waals surface area contributed by atoms with E-state index in [1.807, 2.05) is 36.7 Å². The zero-order valence-corrected chi connectivity index (χ0v) is 17.9. The van der Waals surface area contributed by atoms with Gasteiger partial charge in [-0.05, 0) is 32.4 Å². The van der Waals surface area contributed by atoms with E-state index in [1.54, 1.807) is 23.1 Å². The quantitative estimate of drug-likeness (QED) is 0.434. The molecule has 0 unspecified atom stereocenters. The van der Waals surface area contributed by atoms with Crippen LogP contribution in [0.4, 0.5) is 0 Å². The van der Waals surface area contributed by atoms with Crippen LogP contribution in [0.5, 0.6) is 0 Å². The topological polar surface area (TPSA) is 107 Å². The zero-order chi connectivity index (χ0) is 21.8. The summed E-state index contributed by atoms with van der Waals surface area (Å²) in [6.45, 7) is 6.99. The van der Waals surface area contributed by atoms with Crippen molar-refractivity contribution in [2.24, 2.45) is 0 Å². The number of rotatable bonds is 8. The fourth-order valence-electron chi connectivity index (χ4n) is 3.38. The molecule has 4 heterocycles. The van der Waals surface area contributed by atoms with E-state index in [0.29, 0.717) is 36.2 Å². The minimum absolute atomic E-state index is 0.114. The number of pyridine rings is 1. The molecule has 31 heavy (non-hydrogen) atoms. The normalized spacial score (nSPS) is 11.3. The maximum atomic E-state index is 9.16. The minimum Gasteiger partial charge on any atom is -0.371 e. The van der Waals surface area contributed by atoms with Gasteiger partial charge in [0, 0.05) is 18.0 Å². The molecule has 0 saturated carbocycles. The first-order valence-electron chi connectivity index (χ1n) is 10.3. The summed E-state index contributed by atoms with van der Waals surface area (Å²) >= 11 is 0. The second kappa shape index (κ2) is 9.02. The Bertz CT molecular complexity index is 1230. The molecule has 0 aromatic carbocycles. The first-order valence-corrected chi connectivity index (χ1v) is 10.3. The predicted octanol–water partition coefficient (Wildman–Crippen LogP) is 3.18. The maximum absolute atomic E-state index is 9.16. The Morgan fingerprint density at radius 3 is 2.84 bits per heavy atom. The van der Waals surface area contributed by atoms with E-state index < -0.39 is 0 Å². The van der Waals surface area contributed by atoms with Crippen LogP contribution in [0.25, 0.3) is 17.2 Å². The highest BCUT2D eigenvalue weighted by molar-refractivity contribution is 5.52. The number of aromatic nitrogens is 7. The molecule has 0 N–H and O–H groups in total. The molecule has 0 saturated heterocycles. The molecule has 9 nitrogen and oxygen atoms in total. The Morgan fingerprint density at radius 1 is 1.19 bits per heavy atom. The standard InChI is InChI=1S/C22H24N8O/c1-4-6-17-19(25-14-30-21(17)27-20(28-30)13-31-15(2)3)12-29-10-9-24-22(29)18-8-5-7-16(11-23)26-18/h5,7-10,14-15H,4,6,12-13H2,1-3H3. The molecule has 0 aliphatic heterocycles. The third-order valence-electron chi connectivity index (χ3n) is 4.79. The van der Waals surface area contributed by atoms with Crippen LogP contribution in [-0.4, -0.2) is 40.2 Å². The number of nitrogens with zero attached hydrogens (tertiary/aromatic N) is 8. The van der Waals surface area contributed by atoms with Crippen LogP contribution in [0.15, 0.2) is 36.9 Å². The largest absolute Gasteiger partial charge is 0.371 e. The van der Waals surface area contributed by atoms with Crippen molar-refractivity contribution in [3.05, 3.63) is 59.7 Å². The van der Waals surface area contributed by atoms with Crippen molar-refractivity contribution in [3.8, 4) is 17.6 Å². The molecule has 4 aromatic rings. The van der Waals surface area contributed by atoms with Crippen LogP contribution in [0.3, 0.4) is 0 Å². The minimum atomic E-state index is 0.114. The Kier molecular flexibility index (Phi) is 6.00. The Balaban J connectivity index is 1.70. The van der Waals surface area contributed by atoms with Crippen molar-refractivity contribution in [1.29, 1.82) is 5.26 Å². The van der Waals surface area contributed by atoms with E-state index in [0.717, 1.165) is 29.7 Å². The summed E-state index contributed by atoms with van der Waals surface area (Å²) in [7, 11) is 0. The van der Waals surface area contributed by atoms with Gasteiger partial charge >= 0.3 is 0 Å². The molecule has 0 atom stereocenters. The number of aryl methyl sites for hydroxylation is 1. The third-order valence-corrected chi connectivity index (χ3v) is 4.79. The molecule has 4 aromatic heterocycles. The first kappa shape index (κ1) is 20.6. The third kappa shape index (κ3) is 4.44. The molecule has 0 radical (unpaired) electrons. The molecule has 158 valence electrons. The second-order valence-corrected chi connectivity index (χ2v) is 7.47.